The van der Waals surface area contributed by atoms with Crippen molar-refractivity contribution in [3.05, 3.63) is 66.9 Å². The number of anilines is 2. The molecule has 42 heavy (non-hydrogen) atoms. The van der Waals surface area contributed by atoms with Gasteiger partial charge in [0.05, 0.1) is 61.7 Å². The van der Waals surface area contributed by atoms with Crippen LogP contribution in [0.1, 0.15) is 25.6 Å². The van der Waals surface area contributed by atoms with Crippen LogP contribution in [0.5, 0.6) is 5.75 Å². The zero-order chi connectivity index (χ0) is 30.4. The summed E-state index contributed by atoms with van der Waals surface area (Å²) < 4.78 is 5.61. The number of hydrogen-bond donors (Lipinski definition) is 4. The van der Waals surface area contributed by atoms with Crippen molar-refractivity contribution in [1.82, 2.24) is 15.2 Å². The predicted octanol–water partition coefficient (Wildman–Crippen LogP) is 4.58. The number of piperazine rings is 1. The minimum Gasteiger partial charge on any atom is -0.494 e. The summed E-state index contributed by atoms with van der Waals surface area (Å²) >= 11 is 19.8. The summed E-state index contributed by atoms with van der Waals surface area (Å²) in [5.74, 6) is -0.741. The standard InChI is InChI=1S/C27H29Cl3N6O5S/c1-36(8-5-35(6-9-36)7-10-37)27(40)32-13-16-15-42-24(22(16)30)26(39)34-23-19(11-18(29)12-20(23)41-2)25(38)33-21-4-3-17(28)14-31-21/h3-4,11-12,14-15,37H,5-10,13H2,1-2H3,(H2-,31,32,33,34,38,39,40)/p+1. The number of pyridine rings is 1. The molecule has 1 saturated heterocycles. The molecule has 11 nitrogen and oxygen atoms in total. The van der Waals surface area contributed by atoms with E-state index in [0.29, 0.717) is 43.3 Å². The van der Waals surface area contributed by atoms with E-state index in [9.17, 15) is 14.4 Å². The number of halogens is 3. The third kappa shape index (κ3) is 7.51. The summed E-state index contributed by atoms with van der Waals surface area (Å²) in [7, 11) is 3.26. The third-order valence-corrected chi connectivity index (χ3v) is 8.91. The van der Waals surface area contributed by atoms with Crippen molar-refractivity contribution in [3.8, 4) is 5.75 Å². The van der Waals surface area contributed by atoms with Crippen LogP contribution in [-0.4, -0.2) is 90.8 Å². The van der Waals surface area contributed by atoms with Gasteiger partial charge in [-0.25, -0.2) is 14.3 Å². The van der Waals surface area contributed by atoms with E-state index in [1.165, 1.54) is 31.5 Å². The van der Waals surface area contributed by atoms with Crippen molar-refractivity contribution in [1.29, 1.82) is 0 Å². The number of thiophene rings is 1. The molecule has 0 atom stereocenters. The Kier molecular flexibility index (Phi) is 10.7. The van der Waals surface area contributed by atoms with Gasteiger partial charge in [-0.3, -0.25) is 14.5 Å². The molecule has 4 N–H and O–H groups in total. The lowest BCUT2D eigenvalue weighted by Gasteiger charge is -2.39. The molecule has 0 spiro atoms. The molecule has 1 aromatic carbocycles. The van der Waals surface area contributed by atoms with Crippen LogP contribution in [-0.2, 0) is 6.54 Å². The Labute approximate surface area is 261 Å². The molecule has 0 aliphatic carbocycles. The number of quaternary nitrogens is 1. The van der Waals surface area contributed by atoms with E-state index in [4.69, 9.17) is 44.6 Å². The summed E-state index contributed by atoms with van der Waals surface area (Å²) in [5, 5.41) is 20.0. The van der Waals surface area contributed by atoms with Crippen molar-refractivity contribution in [3.63, 3.8) is 0 Å². The van der Waals surface area contributed by atoms with Crippen molar-refractivity contribution < 1.29 is 28.7 Å². The van der Waals surface area contributed by atoms with Gasteiger partial charge in [0.15, 0.2) is 0 Å². The number of nitrogens with zero attached hydrogens (tertiary/aromatic N) is 3. The minimum absolute atomic E-state index is 0.0423. The van der Waals surface area contributed by atoms with E-state index in [0.717, 1.165) is 11.3 Å². The normalized spacial score (nSPS) is 14.7. The first kappa shape index (κ1) is 32.0. The molecule has 15 heteroatoms. The maximum Gasteiger partial charge on any atom is 0.416 e. The molecule has 3 heterocycles. The summed E-state index contributed by atoms with van der Waals surface area (Å²) in [4.78, 5) is 45.9. The molecule has 0 bridgehead atoms. The van der Waals surface area contributed by atoms with Crippen molar-refractivity contribution in [2.24, 2.45) is 0 Å². The van der Waals surface area contributed by atoms with Crippen molar-refractivity contribution >= 4 is 75.5 Å². The molecule has 4 rings (SSSR count). The molecule has 4 amide bonds. The van der Waals surface area contributed by atoms with Crippen LogP contribution < -0.4 is 20.7 Å². The summed E-state index contributed by atoms with van der Waals surface area (Å²) in [6.45, 7) is 3.46. The van der Waals surface area contributed by atoms with Gasteiger partial charge >= 0.3 is 6.03 Å². The molecule has 0 unspecified atom stereocenters. The maximum atomic E-state index is 13.3. The second kappa shape index (κ2) is 14.0. The molecule has 1 aliphatic heterocycles. The first-order valence-electron chi connectivity index (χ1n) is 12.9. The Balaban J connectivity index is 1.47. The number of aliphatic hydroxyl groups excluding tert-OH is 1. The number of rotatable bonds is 9. The van der Waals surface area contributed by atoms with Crippen LogP contribution in [0.4, 0.5) is 16.3 Å². The highest BCUT2D eigenvalue weighted by Crippen LogP contribution is 2.35. The van der Waals surface area contributed by atoms with E-state index in [1.807, 2.05) is 7.05 Å². The molecule has 3 aromatic rings. The summed E-state index contributed by atoms with van der Waals surface area (Å²) in [5.41, 5.74) is 0.719. The molecule has 0 radical (unpaired) electrons. The fraction of sp³-hybridized carbons (Fsp3) is 0.333. The summed E-state index contributed by atoms with van der Waals surface area (Å²) in [6, 6.07) is 5.83. The number of carbonyl (C=O) groups is 3. The Morgan fingerprint density at radius 2 is 1.83 bits per heavy atom. The SMILES string of the molecule is COc1cc(Cl)cc(C(=O)Nc2ccc(Cl)cn2)c1NC(=O)c1scc(CNC(=O)[N+]2(C)CCN(CCO)CC2)c1Cl. The van der Waals surface area contributed by atoms with Crippen LogP contribution in [0.25, 0.3) is 0 Å². The average Bonchev–Trinajstić information content (AvgIpc) is 3.34. The average molecular weight is 657 g/mol. The third-order valence-electron chi connectivity index (χ3n) is 6.90. The molecule has 1 fully saturated rings. The van der Waals surface area contributed by atoms with Gasteiger partial charge in [-0.05, 0) is 23.6 Å². The Morgan fingerprint density at radius 3 is 2.48 bits per heavy atom. The van der Waals surface area contributed by atoms with E-state index >= 15 is 0 Å². The molecular formula is C27H30Cl3N6O5S+. The quantitative estimate of drug-likeness (QED) is 0.248. The Hall–Kier alpha value is -2.97. The van der Waals surface area contributed by atoms with Crippen LogP contribution in [0.2, 0.25) is 15.1 Å². The van der Waals surface area contributed by atoms with Crippen LogP contribution >= 0.6 is 46.1 Å². The predicted molar refractivity (Wildman–Crippen MR) is 164 cm³/mol. The van der Waals surface area contributed by atoms with Crippen LogP contribution in [0.3, 0.4) is 0 Å². The topological polar surface area (TPSA) is 133 Å². The van der Waals surface area contributed by atoms with Gasteiger partial charge < -0.3 is 25.8 Å². The van der Waals surface area contributed by atoms with Gasteiger partial charge in [-0.1, -0.05) is 34.8 Å². The summed E-state index contributed by atoms with van der Waals surface area (Å²) in [6.07, 6.45) is 1.39. The molecule has 224 valence electrons. The van der Waals surface area contributed by atoms with Gasteiger partial charge in [-0.2, -0.15) is 0 Å². The van der Waals surface area contributed by atoms with E-state index in [-0.39, 0.29) is 61.4 Å². The number of likely N-dealkylation sites (N-methyl/N-ethyl adjacent to an activating group) is 1. The molecule has 0 saturated carbocycles. The van der Waals surface area contributed by atoms with Crippen molar-refractivity contribution in [2.75, 3.05) is 64.1 Å². The Bertz CT molecular complexity index is 1460. The highest BCUT2D eigenvalue weighted by molar-refractivity contribution is 7.13. The molecule has 1 aliphatic rings. The van der Waals surface area contributed by atoms with Crippen LogP contribution in [0.15, 0.2) is 35.8 Å². The smallest absolute Gasteiger partial charge is 0.416 e. The highest BCUT2D eigenvalue weighted by atomic mass is 35.5. The zero-order valence-corrected chi connectivity index (χ0v) is 26.0. The zero-order valence-electron chi connectivity index (χ0n) is 22.9. The lowest BCUT2D eigenvalue weighted by Crippen LogP contribution is -2.63. The fourth-order valence-corrected chi connectivity index (χ4v) is 5.96. The van der Waals surface area contributed by atoms with Gasteiger partial charge in [-0.15, -0.1) is 11.3 Å². The number of ether oxygens (including phenoxy) is 1. The lowest BCUT2D eigenvalue weighted by atomic mass is 10.1. The fourth-order valence-electron chi connectivity index (χ4n) is 4.38. The van der Waals surface area contributed by atoms with E-state index in [2.05, 4.69) is 25.8 Å². The van der Waals surface area contributed by atoms with E-state index in [1.54, 1.807) is 11.4 Å². The molecular weight excluding hydrogens is 627 g/mol. The monoisotopic (exact) mass is 655 g/mol. The number of aliphatic hydroxyl groups is 1. The number of methoxy groups -OCH3 is 1. The number of nitrogens with one attached hydrogen (secondary N) is 3. The second-order valence-electron chi connectivity index (χ2n) is 9.77. The number of benzene rings is 1. The number of β-amino-alcohol motifs (C(OH)–C–C–N with tert-alkyl or cyclic N) is 1. The number of urea groups is 1. The Morgan fingerprint density at radius 1 is 1.10 bits per heavy atom. The number of carbonyl (C=O) groups excluding carboxylic acids is 3. The van der Waals surface area contributed by atoms with Crippen molar-refractivity contribution in [2.45, 2.75) is 6.54 Å². The maximum absolute atomic E-state index is 13.3. The van der Waals surface area contributed by atoms with Gasteiger partial charge in [0.25, 0.3) is 11.8 Å². The number of amides is 4. The highest BCUT2D eigenvalue weighted by Gasteiger charge is 2.36. The van der Waals surface area contributed by atoms with E-state index < -0.39 is 11.8 Å². The van der Waals surface area contributed by atoms with Gasteiger partial charge in [0.1, 0.15) is 16.4 Å². The first-order chi connectivity index (χ1) is 20.0. The van der Waals surface area contributed by atoms with Gasteiger partial charge in [0, 0.05) is 42.5 Å². The second-order valence-corrected chi connectivity index (χ2v) is 11.9. The van der Waals surface area contributed by atoms with Gasteiger partial charge in [0.2, 0.25) is 0 Å². The lowest BCUT2D eigenvalue weighted by molar-refractivity contribution is -0.835. The number of aromatic nitrogens is 1. The largest absolute Gasteiger partial charge is 0.494 e. The molecule has 2 aromatic heterocycles. The first-order valence-corrected chi connectivity index (χ1v) is 14.9. The van der Waals surface area contributed by atoms with Crippen LogP contribution in [0, 0.1) is 0 Å². The number of hydrogen-bond acceptors (Lipinski definition) is 8. The minimum atomic E-state index is -0.588.